The quantitative estimate of drug-likeness (QED) is 0.781. The summed E-state index contributed by atoms with van der Waals surface area (Å²) in [6.45, 7) is 4.46. The predicted molar refractivity (Wildman–Crippen MR) is 113 cm³/mol. The molecule has 1 fully saturated rings. The second-order valence-electron chi connectivity index (χ2n) is 7.31. The molecule has 2 aliphatic rings. The number of benzene rings is 2. The summed E-state index contributed by atoms with van der Waals surface area (Å²) in [6.07, 6.45) is 0.608. The molecular weight excluding hydrogens is 390 g/mol. The van der Waals surface area contributed by atoms with Crippen LogP contribution in [0.3, 0.4) is 0 Å². The molecule has 4 rings (SSSR count). The van der Waals surface area contributed by atoms with E-state index in [0.717, 1.165) is 18.7 Å². The van der Waals surface area contributed by atoms with Crippen LogP contribution in [0.15, 0.2) is 48.5 Å². The number of rotatable bonds is 4. The van der Waals surface area contributed by atoms with Crippen LogP contribution in [-0.4, -0.2) is 59.7 Å². The Bertz CT molecular complexity index is 932. The van der Waals surface area contributed by atoms with Crippen LogP contribution in [0.4, 0.5) is 0 Å². The third-order valence-electron chi connectivity index (χ3n) is 5.45. The first-order valence-corrected chi connectivity index (χ1v) is 9.62. The van der Waals surface area contributed by atoms with E-state index in [1.165, 1.54) is 4.90 Å². The summed E-state index contributed by atoms with van der Waals surface area (Å²) in [7, 11) is 0. The average molecular weight is 414 g/mol. The molecule has 1 saturated heterocycles. The van der Waals surface area contributed by atoms with Gasteiger partial charge in [0.1, 0.15) is 0 Å². The number of nitrogens with zero attached hydrogens (tertiary/aromatic N) is 2. The van der Waals surface area contributed by atoms with Crippen LogP contribution >= 0.6 is 12.4 Å². The topological polar surface area (TPSA) is 69.7 Å². The van der Waals surface area contributed by atoms with Crippen molar-refractivity contribution in [2.75, 3.05) is 26.2 Å². The number of fused-ring (bicyclic) bond motifs is 1. The standard InChI is InChI=1S/C22H23N3O3.ClH/c1-15-14-23-10-12-24(15)20(26)17-7-8-18-19(13-17)22(28)25(21(18)27)11-9-16-5-3-2-4-6-16;/h2-8,13,15,23H,9-12,14H2,1H3;1H/t15-;/m1./s1. The Balaban J connectivity index is 0.00000240. The highest BCUT2D eigenvalue weighted by Crippen LogP contribution is 2.25. The number of carbonyl (C=O) groups is 3. The summed E-state index contributed by atoms with van der Waals surface area (Å²) in [4.78, 5) is 41.4. The highest BCUT2D eigenvalue weighted by Gasteiger charge is 2.36. The molecule has 0 saturated carbocycles. The molecule has 0 aromatic heterocycles. The van der Waals surface area contributed by atoms with Gasteiger partial charge in [0.15, 0.2) is 0 Å². The second-order valence-corrected chi connectivity index (χ2v) is 7.31. The van der Waals surface area contributed by atoms with Gasteiger partial charge in [0.2, 0.25) is 0 Å². The second kappa shape index (κ2) is 8.76. The van der Waals surface area contributed by atoms with Crippen molar-refractivity contribution in [2.45, 2.75) is 19.4 Å². The van der Waals surface area contributed by atoms with Crippen molar-refractivity contribution in [3.63, 3.8) is 0 Å². The van der Waals surface area contributed by atoms with Gasteiger partial charge in [-0.1, -0.05) is 30.3 Å². The van der Waals surface area contributed by atoms with Gasteiger partial charge >= 0.3 is 0 Å². The lowest BCUT2D eigenvalue weighted by molar-refractivity contribution is 0.0648. The molecule has 0 spiro atoms. The van der Waals surface area contributed by atoms with Crippen molar-refractivity contribution < 1.29 is 14.4 Å². The minimum absolute atomic E-state index is 0. The Morgan fingerprint density at radius 3 is 2.52 bits per heavy atom. The van der Waals surface area contributed by atoms with Gasteiger partial charge in [0.25, 0.3) is 17.7 Å². The highest BCUT2D eigenvalue weighted by molar-refractivity contribution is 6.22. The number of nitrogens with one attached hydrogen (secondary N) is 1. The van der Waals surface area contributed by atoms with Crippen LogP contribution in [0.5, 0.6) is 0 Å². The van der Waals surface area contributed by atoms with Gasteiger partial charge in [-0.15, -0.1) is 12.4 Å². The highest BCUT2D eigenvalue weighted by atomic mass is 35.5. The predicted octanol–water partition coefficient (Wildman–Crippen LogP) is 2.38. The van der Waals surface area contributed by atoms with Crippen LogP contribution in [0.1, 0.15) is 43.6 Å². The molecule has 6 nitrogen and oxygen atoms in total. The normalized spacial score (nSPS) is 18.4. The van der Waals surface area contributed by atoms with Gasteiger partial charge in [-0.2, -0.15) is 0 Å². The van der Waals surface area contributed by atoms with E-state index in [2.05, 4.69) is 5.32 Å². The molecule has 0 unspecified atom stereocenters. The number of piperazine rings is 1. The largest absolute Gasteiger partial charge is 0.333 e. The molecule has 29 heavy (non-hydrogen) atoms. The fourth-order valence-electron chi connectivity index (χ4n) is 3.82. The van der Waals surface area contributed by atoms with Gasteiger partial charge in [-0.05, 0) is 37.1 Å². The van der Waals surface area contributed by atoms with E-state index in [1.54, 1.807) is 18.2 Å². The minimum atomic E-state index is -0.320. The molecule has 0 radical (unpaired) electrons. The van der Waals surface area contributed by atoms with E-state index >= 15 is 0 Å². The van der Waals surface area contributed by atoms with Crippen LogP contribution in [-0.2, 0) is 6.42 Å². The van der Waals surface area contributed by atoms with Gasteiger partial charge in [0.05, 0.1) is 11.1 Å². The van der Waals surface area contributed by atoms with Gasteiger partial charge in [-0.3, -0.25) is 19.3 Å². The first-order valence-electron chi connectivity index (χ1n) is 9.62. The SMILES string of the molecule is C[C@@H]1CNCCN1C(=O)c1ccc2c(c1)C(=O)N(CCc1ccccc1)C2=O.Cl. The molecule has 7 heteroatoms. The summed E-state index contributed by atoms with van der Waals surface area (Å²) in [5, 5.41) is 3.26. The molecule has 2 aromatic carbocycles. The van der Waals surface area contributed by atoms with Crippen molar-refractivity contribution in [1.82, 2.24) is 15.1 Å². The lowest BCUT2D eigenvalue weighted by Gasteiger charge is -2.34. The molecule has 0 aliphatic carbocycles. The first-order chi connectivity index (χ1) is 13.6. The third kappa shape index (κ3) is 4.04. The fraction of sp³-hybridized carbons (Fsp3) is 0.318. The zero-order valence-electron chi connectivity index (χ0n) is 16.3. The number of carbonyl (C=O) groups excluding carboxylic acids is 3. The molecule has 1 atom stereocenters. The summed E-state index contributed by atoms with van der Waals surface area (Å²) in [5.41, 5.74) is 2.23. The Morgan fingerprint density at radius 1 is 1.07 bits per heavy atom. The van der Waals surface area contributed by atoms with E-state index < -0.39 is 0 Å². The summed E-state index contributed by atoms with van der Waals surface area (Å²) >= 11 is 0. The van der Waals surface area contributed by atoms with Crippen molar-refractivity contribution in [3.05, 3.63) is 70.8 Å². The molecule has 152 valence electrons. The molecule has 2 aliphatic heterocycles. The van der Waals surface area contributed by atoms with E-state index in [-0.39, 0.29) is 36.2 Å². The number of amides is 3. The molecular formula is C22H24ClN3O3. The van der Waals surface area contributed by atoms with Gasteiger partial charge < -0.3 is 10.2 Å². The van der Waals surface area contributed by atoms with Crippen LogP contribution in [0.2, 0.25) is 0 Å². The number of halogens is 1. The number of imide groups is 1. The summed E-state index contributed by atoms with van der Waals surface area (Å²) in [5.74, 6) is -0.704. The maximum Gasteiger partial charge on any atom is 0.261 e. The van der Waals surface area contributed by atoms with E-state index in [9.17, 15) is 14.4 Å². The lowest BCUT2D eigenvalue weighted by atomic mass is 10.0. The Labute approximate surface area is 176 Å². The average Bonchev–Trinajstić information content (AvgIpc) is 2.96. The van der Waals surface area contributed by atoms with Crippen LogP contribution < -0.4 is 5.32 Å². The zero-order valence-corrected chi connectivity index (χ0v) is 17.1. The summed E-state index contributed by atoms with van der Waals surface area (Å²) < 4.78 is 0. The lowest BCUT2D eigenvalue weighted by Crippen LogP contribution is -2.52. The van der Waals surface area contributed by atoms with Crippen LogP contribution in [0, 0.1) is 0 Å². The summed E-state index contributed by atoms with van der Waals surface area (Å²) in [6, 6.07) is 14.7. The van der Waals surface area contributed by atoms with Crippen molar-refractivity contribution in [2.24, 2.45) is 0 Å². The van der Waals surface area contributed by atoms with Crippen LogP contribution in [0.25, 0.3) is 0 Å². The minimum Gasteiger partial charge on any atom is -0.333 e. The van der Waals surface area contributed by atoms with E-state index in [0.29, 0.717) is 36.2 Å². The van der Waals surface area contributed by atoms with E-state index in [1.807, 2.05) is 42.2 Å². The maximum atomic E-state index is 12.9. The molecule has 1 N–H and O–H groups in total. The van der Waals surface area contributed by atoms with E-state index in [4.69, 9.17) is 0 Å². The zero-order chi connectivity index (χ0) is 19.7. The van der Waals surface area contributed by atoms with Crippen molar-refractivity contribution >= 4 is 30.1 Å². The molecule has 2 aromatic rings. The smallest absolute Gasteiger partial charge is 0.261 e. The number of hydrogen-bond acceptors (Lipinski definition) is 4. The fourth-order valence-corrected chi connectivity index (χ4v) is 3.82. The Kier molecular flexibility index (Phi) is 6.35. The Hall–Kier alpha value is -2.70. The third-order valence-corrected chi connectivity index (χ3v) is 5.45. The first kappa shape index (κ1) is 21.0. The molecule has 2 heterocycles. The number of hydrogen-bond donors (Lipinski definition) is 1. The molecule has 3 amide bonds. The molecule has 0 bridgehead atoms. The van der Waals surface area contributed by atoms with Crippen molar-refractivity contribution in [1.29, 1.82) is 0 Å². The maximum absolute atomic E-state index is 12.9. The monoisotopic (exact) mass is 413 g/mol. The van der Waals surface area contributed by atoms with Gasteiger partial charge in [-0.25, -0.2) is 0 Å². The Morgan fingerprint density at radius 2 is 1.79 bits per heavy atom. The van der Waals surface area contributed by atoms with Crippen molar-refractivity contribution in [3.8, 4) is 0 Å². The van der Waals surface area contributed by atoms with Gasteiger partial charge in [0, 0.05) is 37.8 Å².